The molecule has 2 N–H and O–H groups in total. The van der Waals surface area contributed by atoms with Gasteiger partial charge in [-0.1, -0.05) is 48.4 Å². The highest BCUT2D eigenvalue weighted by Gasteiger charge is 2.21. The van der Waals surface area contributed by atoms with E-state index in [1.807, 2.05) is 18.3 Å². The van der Waals surface area contributed by atoms with Crippen LogP contribution in [-0.4, -0.2) is 23.6 Å². The third kappa shape index (κ3) is 5.96. The van der Waals surface area contributed by atoms with Gasteiger partial charge < -0.3 is 10.6 Å². The maximum atomic E-state index is 6.11. The fourth-order valence-corrected chi connectivity index (χ4v) is 4.66. The van der Waals surface area contributed by atoms with Gasteiger partial charge in [0.1, 0.15) is 0 Å². The number of nitrogens with zero attached hydrogens (tertiary/aromatic N) is 1. The number of aryl methyl sites for hydroxylation is 1. The van der Waals surface area contributed by atoms with Gasteiger partial charge in [-0.2, -0.15) is 0 Å². The minimum Gasteiger partial charge on any atom is -0.382 e. The molecule has 30 heavy (non-hydrogen) atoms. The molecule has 1 heterocycles. The molecule has 3 nitrogen and oxygen atoms in total. The molecule has 1 fully saturated rings. The van der Waals surface area contributed by atoms with Gasteiger partial charge in [-0.3, -0.25) is 4.98 Å². The summed E-state index contributed by atoms with van der Waals surface area (Å²) in [5.41, 5.74) is 3.59. The first-order valence-electron chi connectivity index (χ1n) is 11.4. The van der Waals surface area contributed by atoms with Crippen LogP contribution in [0.3, 0.4) is 0 Å². The van der Waals surface area contributed by atoms with Gasteiger partial charge in [0.2, 0.25) is 0 Å². The quantitative estimate of drug-likeness (QED) is 0.381. The summed E-state index contributed by atoms with van der Waals surface area (Å²) < 4.78 is 0. The molecule has 1 aliphatic carbocycles. The number of benzene rings is 2. The highest BCUT2D eigenvalue weighted by Crippen LogP contribution is 2.28. The normalized spacial score (nSPS) is 19.1. The van der Waals surface area contributed by atoms with E-state index in [0.29, 0.717) is 12.1 Å². The molecule has 1 saturated carbocycles. The Labute approximate surface area is 185 Å². The number of halogens is 1. The highest BCUT2D eigenvalue weighted by molar-refractivity contribution is 6.31. The first kappa shape index (κ1) is 21.1. The summed E-state index contributed by atoms with van der Waals surface area (Å²) in [6.45, 7) is 1.15. The van der Waals surface area contributed by atoms with Gasteiger partial charge in [-0.25, -0.2) is 0 Å². The van der Waals surface area contributed by atoms with E-state index in [2.05, 4.69) is 58.1 Å². The Morgan fingerprint density at radius 2 is 1.67 bits per heavy atom. The molecule has 0 amide bonds. The number of fused-ring (bicyclic) bond motifs is 1. The van der Waals surface area contributed by atoms with E-state index in [-0.39, 0.29) is 0 Å². The predicted molar refractivity (Wildman–Crippen MR) is 128 cm³/mol. The fourth-order valence-electron chi connectivity index (χ4n) is 4.49. The smallest absolute Gasteiger partial charge is 0.0737 e. The molecule has 1 aromatic heterocycles. The second-order valence-electron chi connectivity index (χ2n) is 8.46. The van der Waals surface area contributed by atoms with Gasteiger partial charge in [0.25, 0.3) is 0 Å². The van der Waals surface area contributed by atoms with Gasteiger partial charge in [-0.05, 0) is 81.3 Å². The van der Waals surface area contributed by atoms with Gasteiger partial charge in [-0.15, -0.1) is 0 Å². The molecule has 0 saturated heterocycles. The van der Waals surface area contributed by atoms with E-state index < -0.39 is 0 Å². The van der Waals surface area contributed by atoms with Gasteiger partial charge >= 0.3 is 0 Å². The molecular weight excluding hydrogens is 390 g/mol. The highest BCUT2D eigenvalue weighted by atomic mass is 35.5. The van der Waals surface area contributed by atoms with Crippen molar-refractivity contribution in [3.05, 3.63) is 71.4 Å². The molecule has 0 aliphatic heterocycles. The standard InChI is InChI=1S/C26H32ClN3/c27-21-10-15-24-25(16-18-29-26(24)19-21)30-23-13-11-22(12-14-23)28-17-6-2-5-9-20-7-3-1-4-8-20/h1,3-4,7-8,10,15-16,18-19,22-23,28H,2,5-6,9,11-14,17H2,(H,29,30)/t22-,23+. The number of unbranched alkanes of at least 4 members (excludes halogenated alkanes) is 2. The topological polar surface area (TPSA) is 37.0 Å². The van der Waals surface area contributed by atoms with Gasteiger partial charge in [0, 0.05) is 34.4 Å². The lowest BCUT2D eigenvalue weighted by Gasteiger charge is -2.30. The Morgan fingerprint density at radius 1 is 0.867 bits per heavy atom. The first-order valence-corrected chi connectivity index (χ1v) is 11.7. The number of nitrogens with one attached hydrogen (secondary N) is 2. The number of hydrogen-bond acceptors (Lipinski definition) is 3. The molecule has 0 atom stereocenters. The number of rotatable bonds is 9. The molecule has 0 bridgehead atoms. The maximum Gasteiger partial charge on any atom is 0.0737 e. The average molecular weight is 422 g/mol. The predicted octanol–water partition coefficient (Wildman–Crippen LogP) is 6.61. The van der Waals surface area contributed by atoms with Crippen molar-refractivity contribution in [2.75, 3.05) is 11.9 Å². The Bertz CT molecular complexity index is 920. The second kappa shape index (κ2) is 10.8. The van der Waals surface area contributed by atoms with Crippen molar-refractivity contribution in [1.29, 1.82) is 0 Å². The van der Waals surface area contributed by atoms with Crippen molar-refractivity contribution in [3.8, 4) is 0 Å². The summed E-state index contributed by atoms with van der Waals surface area (Å²) in [5.74, 6) is 0. The lowest BCUT2D eigenvalue weighted by Crippen LogP contribution is -2.37. The van der Waals surface area contributed by atoms with Crippen LogP contribution in [0.1, 0.15) is 50.5 Å². The third-order valence-corrected chi connectivity index (χ3v) is 6.44. The SMILES string of the molecule is Clc1ccc2c(N[C@H]3CC[C@@H](NCCCCCc4ccccc4)CC3)ccnc2c1. The van der Waals surface area contributed by atoms with Crippen LogP contribution in [0.25, 0.3) is 10.9 Å². The molecule has 0 spiro atoms. The van der Waals surface area contributed by atoms with Crippen LogP contribution in [0.4, 0.5) is 5.69 Å². The molecule has 0 radical (unpaired) electrons. The van der Waals surface area contributed by atoms with Gasteiger partial charge in [0.15, 0.2) is 0 Å². The van der Waals surface area contributed by atoms with E-state index in [9.17, 15) is 0 Å². The van der Waals surface area contributed by atoms with E-state index in [1.54, 1.807) is 0 Å². The summed E-state index contributed by atoms with van der Waals surface area (Å²) in [5, 5.41) is 9.43. The summed E-state index contributed by atoms with van der Waals surface area (Å²) in [6, 6.07) is 20.1. The Kier molecular flexibility index (Phi) is 7.60. The zero-order valence-corrected chi connectivity index (χ0v) is 18.4. The molecule has 2 aromatic carbocycles. The summed E-state index contributed by atoms with van der Waals surface area (Å²) in [6.07, 6.45) is 11.8. The summed E-state index contributed by atoms with van der Waals surface area (Å²) >= 11 is 6.11. The fraction of sp³-hybridized carbons (Fsp3) is 0.423. The van der Waals surface area contributed by atoms with Crippen molar-refractivity contribution < 1.29 is 0 Å². The van der Waals surface area contributed by atoms with E-state index in [4.69, 9.17) is 11.6 Å². The van der Waals surface area contributed by atoms with Crippen molar-refractivity contribution in [3.63, 3.8) is 0 Å². The van der Waals surface area contributed by atoms with Crippen molar-refractivity contribution in [2.24, 2.45) is 0 Å². The van der Waals surface area contributed by atoms with Crippen LogP contribution in [-0.2, 0) is 6.42 Å². The number of pyridine rings is 1. The summed E-state index contributed by atoms with van der Waals surface area (Å²) in [4.78, 5) is 4.45. The summed E-state index contributed by atoms with van der Waals surface area (Å²) in [7, 11) is 0. The zero-order valence-electron chi connectivity index (χ0n) is 17.6. The maximum absolute atomic E-state index is 6.11. The number of anilines is 1. The Balaban J connectivity index is 1.14. The molecule has 4 heteroatoms. The minimum absolute atomic E-state index is 0.537. The monoisotopic (exact) mass is 421 g/mol. The van der Waals surface area contributed by atoms with Crippen LogP contribution in [0.5, 0.6) is 0 Å². The van der Waals surface area contributed by atoms with Crippen LogP contribution in [0.2, 0.25) is 5.02 Å². The third-order valence-electron chi connectivity index (χ3n) is 6.21. The largest absolute Gasteiger partial charge is 0.382 e. The number of hydrogen-bond donors (Lipinski definition) is 2. The van der Waals surface area contributed by atoms with E-state index in [0.717, 1.165) is 22.5 Å². The lowest BCUT2D eigenvalue weighted by molar-refractivity contribution is 0.351. The van der Waals surface area contributed by atoms with E-state index >= 15 is 0 Å². The molecular formula is C26H32ClN3. The Hall–Kier alpha value is -2.10. The van der Waals surface area contributed by atoms with Crippen molar-refractivity contribution in [1.82, 2.24) is 10.3 Å². The van der Waals surface area contributed by atoms with Crippen molar-refractivity contribution in [2.45, 2.75) is 63.5 Å². The van der Waals surface area contributed by atoms with Crippen LogP contribution in [0.15, 0.2) is 60.8 Å². The molecule has 3 aromatic rings. The van der Waals surface area contributed by atoms with Crippen LogP contribution >= 0.6 is 11.6 Å². The van der Waals surface area contributed by atoms with Crippen molar-refractivity contribution >= 4 is 28.2 Å². The molecule has 158 valence electrons. The number of aromatic nitrogens is 1. The Morgan fingerprint density at radius 3 is 2.50 bits per heavy atom. The van der Waals surface area contributed by atoms with E-state index in [1.165, 1.54) is 62.6 Å². The van der Waals surface area contributed by atoms with Gasteiger partial charge in [0.05, 0.1) is 5.52 Å². The lowest BCUT2D eigenvalue weighted by atomic mass is 9.90. The van der Waals surface area contributed by atoms with Crippen LogP contribution in [0, 0.1) is 0 Å². The molecule has 4 rings (SSSR count). The zero-order chi connectivity index (χ0) is 20.6. The van der Waals surface area contributed by atoms with Crippen LogP contribution < -0.4 is 10.6 Å². The first-order chi connectivity index (χ1) is 14.8. The average Bonchev–Trinajstić information content (AvgIpc) is 2.78. The molecule has 0 unspecified atom stereocenters. The minimum atomic E-state index is 0.537. The molecule has 1 aliphatic rings. The second-order valence-corrected chi connectivity index (χ2v) is 8.90.